The summed E-state index contributed by atoms with van der Waals surface area (Å²) in [5.41, 5.74) is 6.99. The number of nitrogens with two attached hydrogens (primary N) is 1. The molecular formula is C9H12NO. The summed E-state index contributed by atoms with van der Waals surface area (Å²) in [5, 5.41) is 11.2. The minimum Gasteiger partial charge on any atom is -0.399 e. The molecule has 0 spiro atoms. The van der Waals surface area contributed by atoms with Crippen molar-refractivity contribution in [1.82, 2.24) is 0 Å². The third kappa shape index (κ3) is 1.95. The van der Waals surface area contributed by atoms with E-state index >= 15 is 0 Å². The first-order chi connectivity index (χ1) is 5.24. The molecule has 0 amide bonds. The Morgan fingerprint density at radius 1 is 1.36 bits per heavy atom. The first kappa shape index (κ1) is 8.08. The van der Waals surface area contributed by atoms with E-state index in [1.165, 1.54) is 0 Å². The zero-order valence-corrected chi connectivity index (χ0v) is 6.58. The minimum absolute atomic E-state index is 0.601. The topological polar surface area (TPSA) is 45.9 Å². The van der Waals surface area contributed by atoms with Crippen LogP contribution in [0.5, 0.6) is 0 Å². The molecule has 0 saturated heterocycles. The van der Waals surface area contributed by atoms with Gasteiger partial charge in [-0.15, -0.1) is 0 Å². The largest absolute Gasteiger partial charge is 0.399 e. The van der Waals surface area contributed by atoms with E-state index < -0.39 is 6.10 Å². The quantitative estimate of drug-likeness (QED) is 0.645. The van der Waals surface area contributed by atoms with Crippen LogP contribution in [0.1, 0.15) is 25.0 Å². The van der Waals surface area contributed by atoms with Crippen LogP contribution in [0.4, 0.5) is 5.69 Å². The molecule has 0 heterocycles. The normalized spacial score (nSPS) is 12.9. The molecule has 0 aliphatic carbocycles. The molecule has 59 valence electrons. The van der Waals surface area contributed by atoms with E-state index in [1.54, 1.807) is 24.3 Å². The molecule has 1 atom stereocenters. The van der Waals surface area contributed by atoms with Gasteiger partial charge in [-0.05, 0) is 24.1 Å². The fourth-order valence-electron chi connectivity index (χ4n) is 0.946. The summed E-state index contributed by atoms with van der Waals surface area (Å²) >= 11 is 0. The summed E-state index contributed by atoms with van der Waals surface area (Å²) < 4.78 is 0. The van der Waals surface area contributed by atoms with E-state index in [9.17, 15) is 5.11 Å². The van der Waals surface area contributed by atoms with Gasteiger partial charge in [-0.2, -0.15) is 0 Å². The molecule has 0 fully saturated rings. The van der Waals surface area contributed by atoms with E-state index in [1.807, 2.05) is 6.92 Å². The Balaban J connectivity index is 2.81. The predicted molar refractivity (Wildman–Crippen MR) is 44.6 cm³/mol. The van der Waals surface area contributed by atoms with Crippen LogP contribution in [0.25, 0.3) is 0 Å². The number of benzene rings is 1. The van der Waals surface area contributed by atoms with Crippen LogP contribution in [-0.2, 0) is 5.11 Å². The van der Waals surface area contributed by atoms with Crippen LogP contribution in [0.3, 0.4) is 0 Å². The van der Waals surface area contributed by atoms with Gasteiger partial charge in [-0.1, -0.05) is 19.1 Å². The van der Waals surface area contributed by atoms with Gasteiger partial charge in [0.2, 0.25) is 0 Å². The lowest BCUT2D eigenvalue weighted by atomic mass is 10.1. The monoisotopic (exact) mass is 150 g/mol. The molecule has 1 aromatic carbocycles. The third-order valence-corrected chi connectivity index (χ3v) is 1.68. The lowest BCUT2D eigenvalue weighted by Gasteiger charge is -2.04. The predicted octanol–water partition coefficient (Wildman–Crippen LogP) is 2.15. The van der Waals surface area contributed by atoms with E-state index in [-0.39, 0.29) is 0 Å². The van der Waals surface area contributed by atoms with Crippen molar-refractivity contribution >= 4 is 5.69 Å². The maximum absolute atomic E-state index is 11.2. The van der Waals surface area contributed by atoms with Gasteiger partial charge in [0.1, 0.15) is 6.10 Å². The lowest BCUT2D eigenvalue weighted by Crippen LogP contribution is -1.93. The standard InChI is InChI=1S/C9H12NO/c1-2-9(11)7-3-5-8(10)6-4-7/h3-6,9H,2,10H2,1H3. The van der Waals surface area contributed by atoms with Gasteiger partial charge in [-0.25, -0.2) is 5.11 Å². The summed E-state index contributed by atoms with van der Waals surface area (Å²) in [6, 6.07) is 7.10. The first-order valence-electron chi connectivity index (χ1n) is 3.75. The van der Waals surface area contributed by atoms with Crippen molar-refractivity contribution in [3.63, 3.8) is 0 Å². The third-order valence-electron chi connectivity index (χ3n) is 1.68. The molecule has 11 heavy (non-hydrogen) atoms. The molecule has 2 N–H and O–H groups in total. The van der Waals surface area contributed by atoms with E-state index in [0.717, 1.165) is 5.56 Å². The average molecular weight is 150 g/mol. The molecule has 2 nitrogen and oxygen atoms in total. The van der Waals surface area contributed by atoms with Crippen LogP contribution in [0.15, 0.2) is 24.3 Å². The van der Waals surface area contributed by atoms with Crippen LogP contribution in [0.2, 0.25) is 0 Å². The molecular weight excluding hydrogens is 138 g/mol. The Morgan fingerprint density at radius 2 is 1.91 bits per heavy atom. The SMILES string of the molecule is CCC([O])c1ccc(N)cc1. The Labute approximate surface area is 66.7 Å². The minimum atomic E-state index is -0.601. The molecule has 0 aromatic heterocycles. The zero-order chi connectivity index (χ0) is 8.27. The second kappa shape index (κ2) is 3.39. The molecule has 1 radical (unpaired) electrons. The molecule has 0 aliphatic rings. The van der Waals surface area contributed by atoms with Gasteiger partial charge in [0.25, 0.3) is 0 Å². The van der Waals surface area contributed by atoms with E-state index in [0.29, 0.717) is 12.1 Å². The summed E-state index contributed by atoms with van der Waals surface area (Å²) in [7, 11) is 0. The van der Waals surface area contributed by atoms with Gasteiger partial charge in [-0.3, -0.25) is 0 Å². The van der Waals surface area contributed by atoms with Crippen LogP contribution >= 0.6 is 0 Å². The van der Waals surface area contributed by atoms with Crippen molar-refractivity contribution in [2.45, 2.75) is 19.4 Å². The maximum atomic E-state index is 11.2. The fourth-order valence-corrected chi connectivity index (χ4v) is 0.946. The molecule has 1 unspecified atom stereocenters. The Kier molecular flexibility index (Phi) is 2.49. The van der Waals surface area contributed by atoms with Crippen LogP contribution < -0.4 is 5.73 Å². The van der Waals surface area contributed by atoms with Gasteiger partial charge in [0.15, 0.2) is 0 Å². The highest BCUT2D eigenvalue weighted by molar-refractivity contribution is 5.39. The van der Waals surface area contributed by atoms with Crippen molar-refractivity contribution in [3.05, 3.63) is 29.8 Å². The highest BCUT2D eigenvalue weighted by atomic mass is 16.3. The number of anilines is 1. The molecule has 0 aliphatic heterocycles. The van der Waals surface area contributed by atoms with Gasteiger partial charge in [0, 0.05) is 5.69 Å². The second-order valence-electron chi connectivity index (χ2n) is 2.56. The van der Waals surface area contributed by atoms with Crippen LogP contribution in [0, 0.1) is 0 Å². The summed E-state index contributed by atoms with van der Waals surface area (Å²) in [6.45, 7) is 1.88. The average Bonchev–Trinajstić information content (AvgIpc) is 2.05. The molecule has 2 heteroatoms. The summed E-state index contributed by atoms with van der Waals surface area (Å²) in [6.07, 6.45) is 0.0276. The van der Waals surface area contributed by atoms with E-state index in [2.05, 4.69) is 0 Å². The first-order valence-corrected chi connectivity index (χ1v) is 3.75. The highest BCUT2D eigenvalue weighted by Gasteiger charge is 2.04. The smallest absolute Gasteiger partial charge is 0.118 e. The van der Waals surface area contributed by atoms with Crippen molar-refractivity contribution in [2.75, 3.05) is 5.73 Å². The maximum Gasteiger partial charge on any atom is 0.118 e. The van der Waals surface area contributed by atoms with Crippen molar-refractivity contribution in [3.8, 4) is 0 Å². The molecule has 1 aromatic rings. The highest BCUT2D eigenvalue weighted by Crippen LogP contribution is 2.17. The Morgan fingerprint density at radius 3 is 2.36 bits per heavy atom. The second-order valence-corrected chi connectivity index (χ2v) is 2.56. The van der Waals surface area contributed by atoms with Gasteiger partial charge in [0.05, 0.1) is 0 Å². The molecule has 0 bridgehead atoms. The van der Waals surface area contributed by atoms with Gasteiger partial charge >= 0.3 is 0 Å². The number of rotatable bonds is 2. The molecule has 0 saturated carbocycles. The fraction of sp³-hybridized carbons (Fsp3) is 0.333. The summed E-state index contributed by atoms with van der Waals surface area (Å²) in [5.74, 6) is 0. The van der Waals surface area contributed by atoms with Crippen LogP contribution in [-0.4, -0.2) is 0 Å². The Bertz CT molecular complexity index is 218. The number of hydrogen-bond acceptors (Lipinski definition) is 1. The van der Waals surface area contributed by atoms with E-state index in [4.69, 9.17) is 5.73 Å². The van der Waals surface area contributed by atoms with Crippen molar-refractivity contribution in [2.24, 2.45) is 0 Å². The summed E-state index contributed by atoms with van der Waals surface area (Å²) in [4.78, 5) is 0. The Hall–Kier alpha value is -1.02. The number of hydrogen-bond donors (Lipinski definition) is 1. The van der Waals surface area contributed by atoms with Crippen molar-refractivity contribution < 1.29 is 5.11 Å². The zero-order valence-electron chi connectivity index (χ0n) is 6.58. The number of nitrogen functional groups attached to an aromatic ring is 1. The van der Waals surface area contributed by atoms with Crippen molar-refractivity contribution in [1.29, 1.82) is 0 Å². The molecule has 1 rings (SSSR count). The lowest BCUT2D eigenvalue weighted by molar-refractivity contribution is 0.0857. The van der Waals surface area contributed by atoms with Gasteiger partial charge < -0.3 is 5.73 Å².